The summed E-state index contributed by atoms with van der Waals surface area (Å²) in [4.78, 5) is 6.94. The van der Waals surface area contributed by atoms with Crippen LogP contribution in [-0.4, -0.2) is 22.1 Å². The first-order chi connectivity index (χ1) is 8.34. The first-order valence-electron chi connectivity index (χ1n) is 6.20. The van der Waals surface area contributed by atoms with Gasteiger partial charge in [-0.3, -0.25) is 4.98 Å². The van der Waals surface area contributed by atoms with Crippen molar-refractivity contribution in [2.45, 2.75) is 31.5 Å². The molecule has 3 aliphatic rings. The SMILES string of the molecule is BrC1=C(c2ccccn2)NC2C3CCC(C3)N12. The molecule has 1 N–H and O–H groups in total. The van der Waals surface area contributed by atoms with Crippen molar-refractivity contribution in [3.8, 4) is 0 Å². The average molecular weight is 292 g/mol. The van der Waals surface area contributed by atoms with Crippen LogP contribution in [0.1, 0.15) is 25.0 Å². The molecule has 2 aliphatic heterocycles. The Morgan fingerprint density at radius 3 is 3.06 bits per heavy atom. The summed E-state index contributed by atoms with van der Waals surface area (Å²) in [6.45, 7) is 0. The van der Waals surface area contributed by atoms with E-state index in [0.29, 0.717) is 6.17 Å². The predicted molar refractivity (Wildman–Crippen MR) is 70.0 cm³/mol. The number of hydrogen-bond donors (Lipinski definition) is 1. The molecule has 3 heterocycles. The molecule has 0 amide bonds. The highest BCUT2D eigenvalue weighted by Gasteiger charge is 2.50. The highest BCUT2D eigenvalue weighted by molar-refractivity contribution is 9.11. The second kappa shape index (κ2) is 3.48. The minimum Gasteiger partial charge on any atom is -0.361 e. The van der Waals surface area contributed by atoms with Crippen LogP contribution >= 0.6 is 15.9 Å². The van der Waals surface area contributed by atoms with Crippen molar-refractivity contribution in [2.24, 2.45) is 5.92 Å². The second-order valence-corrected chi connectivity index (χ2v) is 5.86. The van der Waals surface area contributed by atoms with Crippen LogP contribution in [0.5, 0.6) is 0 Å². The van der Waals surface area contributed by atoms with Crippen LogP contribution in [0.3, 0.4) is 0 Å². The molecule has 4 rings (SSSR count). The molecule has 0 spiro atoms. The van der Waals surface area contributed by atoms with Gasteiger partial charge >= 0.3 is 0 Å². The molecule has 4 heteroatoms. The van der Waals surface area contributed by atoms with Gasteiger partial charge < -0.3 is 10.2 Å². The van der Waals surface area contributed by atoms with Crippen molar-refractivity contribution in [3.63, 3.8) is 0 Å². The van der Waals surface area contributed by atoms with Gasteiger partial charge in [-0.2, -0.15) is 0 Å². The Labute approximate surface area is 109 Å². The highest BCUT2D eigenvalue weighted by Crippen LogP contribution is 2.49. The lowest BCUT2D eigenvalue weighted by Gasteiger charge is -2.31. The van der Waals surface area contributed by atoms with Crippen molar-refractivity contribution in [1.29, 1.82) is 0 Å². The fourth-order valence-electron chi connectivity index (χ4n) is 3.48. The fraction of sp³-hybridized carbons (Fsp3) is 0.462. The molecule has 17 heavy (non-hydrogen) atoms. The normalized spacial score (nSPS) is 34.2. The Morgan fingerprint density at radius 1 is 1.35 bits per heavy atom. The summed E-state index contributed by atoms with van der Waals surface area (Å²) < 4.78 is 1.20. The van der Waals surface area contributed by atoms with Gasteiger partial charge in [0.25, 0.3) is 0 Å². The van der Waals surface area contributed by atoms with E-state index in [1.54, 1.807) is 0 Å². The van der Waals surface area contributed by atoms with Gasteiger partial charge in [0.1, 0.15) is 10.8 Å². The van der Waals surface area contributed by atoms with E-state index in [-0.39, 0.29) is 0 Å². The Kier molecular flexibility index (Phi) is 2.04. The third-order valence-corrected chi connectivity index (χ3v) is 5.04. The average Bonchev–Trinajstić information content (AvgIpc) is 3.03. The lowest BCUT2D eigenvalue weighted by molar-refractivity contribution is 0.203. The van der Waals surface area contributed by atoms with Crippen LogP contribution < -0.4 is 5.32 Å². The van der Waals surface area contributed by atoms with Gasteiger partial charge in [-0.25, -0.2) is 0 Å². The molecular formula is C13H14BrN3. The minimum absolute atomic E-state index is 0.500. The first kappa shape index (κ1) is 9.95. The van der Waals surface area contributed by atoms with Gasteiger partial charge in [-0.15, -0.1) is 0 Å². The van der Waals surface area contributed by atoms with Crippen LogP contribution in [-0.2, 0) is 0 Å². The number of fused-ring (bicyclic) bond motifs is 5. The van der Waals surface area contributed by atoms with E-state index in [1.165, 1.54) is 23.9 Å². The maximum Gasteiger partial charge on any atom is 0.108 e. The minimum atomic E-state index is 0.500. The third-order valence-electron chi connectivity index (χ3n) is 4.23. The molecule has 0 radical (unpaired) electrons. The standard InChI is InChI=1S/C13H14BrN3/c14-12-11(10-3-1-2-6-15-10)16-13-8-4-5-9(7-8)17(12)13/h1-3,6,8-9,13,16H,4-5,7H2. The molecule has 1 saturated heterocycles. The summed E-state index contributed by atoms with van der Waals surface area (Å²) >= 11 is 3.75. The zero-order valence-electron chi connectivity index (χ0n) is 9.44. The van der Waals surface area contributed by atoms with Gasteiger partial charge in [0.2, 0.25) is 0 Å². The predicted octanol–water partition coefficient (Wildman–Crippen LogP) is 2.52. The molecule has 1 aromatic heterocycles. The highest BCUT2D eigenvalue weighted by atomic mass is 79.9. The maximum atomic E-state index is 4.43. The smallest absolute Gasteiger partial charge is 0.108 e. The number of hydrogen-bond acceptors (Lipinski definition) is 3. The summed E-state index contributed by atoms with van der Waals surface area (Å²) in [7, 11) is 0. The zero-order valence-corrected chi connectivity index (χ0v) is 11.0. The fourth-order valence-corrected chi connectivity index (χ4v) is 4.31. The van der Waals surface area contributed by atoms with Gasteiger partial charge in [-0.1, -0.05) is 6.07 Å². The quantitative estimate of drug-likeness (QED) is 0.806. The largest absolute Gasteiger partial charge is 0.361 e. The maximum absolute atomic E-state index is 4.43. The Morgan fingerprint density at radius 2 is 2.29 bits per heavy atom. The van der Waals surface area contributed by atoms with Crippen molar-refractivity contribution in [2.75, 3.05) is 0 Å². The van der Waals surface area contributed by atoms with Gasteiger partial charge in [0.15, 0.2) is 0 Å². The number of aromatic nitrogens is 1. The van der Waals surface area contributed by atoms with Crippen LogP contribution in [0.25, 0.3) is 5.70 Å². The van der Waals surface area contributed by atoms with Crippen LogP contribution in [0.2, 0.25) is 0 Å². The molecule has 1 aromatic rings. The summed E-state index contributed by atoms with van der Waals surface area (Å²) in [5, 5.41) is 3.65. The monoisotopic (exact) mass is 291 g/mol. The topological polar surface area (TPSA) is 28.2 Å². The molecule has 88 valence electrons. The molecule has 3 unspecified atom stereocenters. The van der Waals surface area contributed by atoms with Crippen molar-refractivity contribution < 1.29 is 0 Å². The number of nitrogens with zero attached hydrogens (tertiary/aromatic N) is 2. The summed E-state index contributed by atoms with van der Waals surface area (Å²) in [6.07, 6.45) is 6.41. The summed E-state index contributed by atoms with van der Waals surface area (Å²) in [5.74, 6) is 0.814. The molecule has 3 nitrogen and oxygen atoms in total. The summed E-state index contributed by atoms with van der Waals surface area (Å²) in [5.41, 5.74) is 2.19. The lowest BCUT2D eigenvalue weighted by atomic mass is 10.1. The van der Waals surface area contributed by atoms with Crippen LogP contribution in [0.4, 0.5) is 0 Å². The van der Waals surface area contributed by atoms with E-state index < -0.39 is 0 Å². The third kappa shape index (κ3) is 1.30. The van der Waals surface area contributed by atoms with E-state index in [1.807, 2.05) is 18.3 Å². The van der Waals surface area contributed by atoms with Crippen LogP contribution in [0, 0.1) is 5.92 Å². The molecule has 1 saturated carbocycles. The first-order valence-corrected chi connectivity index (χ1v) is 7.00. The molecule has 2 fully saturated rings. The molecule has 2 bridgehead atoms. The van der Waals surface area contributed by atoms with Gasteiger partial charge in [-0.05, 0) is 53.2 Å². The van der Waals surface area contributed by atoms with E-state index >= 15 is 0 Å². The van der Waals surface area contributed by atoms with Crippen molar-refractivity contribution in [1.82, 2.24) is 15.2 Å². The van der Waals surface area contributed by atoms with E-state index in [0.717, 1.165) is 23.4 Å². The second-order valence-electron chi connectivity index (χ2n) is 5.10. The number of halogens is 1. The van der Waals surface area contributed by atoms with E-state index in [9.17, 15) is 0 Å². The zero-order chi connectivity index (χ0) is 11.4. The Balaban J connectivity index is 1.74. The molecular weight excluding hydrogens is 278 g/mol. The summed E-state index contributed by atoms with van der Waals surface area (Å²) in [6, 6.07) is 6.79. The van der Waals surface area contributed by atoms with Crippen molar-refractivity contribution in [3.05, 3.63) is 34.7 Å². The van der Waals surface area contributed by atoms with Gasteiger partial charge in [0.05, 0.1) is 11.4 Å². The van der Waals surface area contributed by atoms with Crippen LogP contribution in [0.15, 0.2) is 29.0 Å². The molecule has 1 aliphatic carbocycles. The van der Waals surface area contributed by atoms with Crippen molar-refractivity contribution >= 4 is 21.6 Å². The molecule has 0 aromatic carbocycles. The number of nitrogens with one attached hydrogen (secondary N) is 1. The Bertz CT molecular complexity index is 485. The Hall–Kier alpha value is -1.03. The van der Waals surface area contributed by atoms with E-state index in [2.05, 4.69) is 37.2 Å². The van der Waals surface area contributed by atoms with Gasteiger partial charge in [0, 0.05) is 12.2 Å². The lowest BCUT2D eigenvalue weighted by Crippen LogP contribution is -2.41. The van der Waals surface area contributed by atoms with E-state index in [4.69, 9.17) is 0 Å². The molecule has 3 atom stereocenters. The number of pyridine rings is 1. The number of piperidine rings is 1. The number of rotatable bonds is 1.